The molecule has 0 fully saturated rings. The molecule has 4 nitrogen and oxygen atoms in total. The highest BCUT2D eigenvalue weighted by atomic mass is 16.7. The van der Waals surface area contributed by atoms with Crippen LogP contribution < -0.4 is 15.2 Å². The van der Waals surface area contributed by atoms with Crippen molar-refractivity contribution >= 4 is 5.91 Å². The van der Waals surface area contributed by atoms with Gasteiger partial charge in [0.05, 0.1) is 0 Å². The van der Waals surface area contributed by atoms with Gasteiger partial charge in [-0.3, -0.25) is 4.79 Å². The zero-order chi connectivity index (χ0) is 13.1. The first-order valence-electron chi connectivity index (χ1n) is 6.24. The Balaban J connectivity index is 2.21. The Labute approximate surface area is 107 Å². The average Bonchev–Trinajstić information content (AvgIpc) is 2.73. The van der Waals surface area contributed by atoms with Gasteiger partial charge in [-0.1, -0.05) is 19.9 Å². The molecular formula is C14H19NO3. The predicted octanol–water partition coefficient (Wildman–Crippen LogP) is 2.42. The third kappa shape index (κ3) is 2.94. The van der Waals surface area contributed by atoms with E-state index in [1.165, 1.54) is 0 Å². The first-order chi connectivity index (χ1) is 8.56. The lowest BCUT2D eigenvalue weighted by Crippen LogP contribution is -2.16. The van der Waals surface area contributed by atoms with Gasteiger partial charge < -0.3 is 15.2 Å². The molecule has 1 atom stereocenters. The van der Waals surface area contributed by atoms with E-state index in [2.05, 4.69) is 13.8 Å². The van der Waals surface area contributed by atoms with Crippen LogP contribution in [0.5, 0.6) is 11.5 Å². The summed E-state index contributed by atoms with van der Waals surface area (Å²) >= 11 is 0. The number of primary amides is 1. The smallest absolute Gasteiger partial charge is 0.231 e. The van der Waals surface area contributed by atoms with Gasteiger partial charge in [0.1, 0.15) is 0 Å². The van der Waals surface area contributed by atoms with E-state index in [0.717, 1.165) is 23.5 Å². The molecule has 0 aromatic heterocycles. The zero-order valence-corrected chi connectivity index (χ0v) is 10.8. The van der Waals surface area contributed by atoms with Crippen molar-refractivity contribution in [1.29, 1.82) is 0 Å². The van der Waals surface area contributed by atoms with Gasteiger partial charge in [0.25, 0.3) is 0 Å². The van der Waals surface area contributed by atoms with E-state index in [1.807, 2.05) is 18.2 Å². The number of rotatable bonds is 5. The molecule has 18 heavy (non-hydrogen) atoms. The van der Waals surface area contributed by atoms with Crippen LogP contribution in [0, 0.1) is 5.92 Å². The van der Waals surface area contributed by atoms with Gasteiger partial charge in [0.2, 0.25) is 12.7 Å². The number of nitrogens with two attached hydrogens (primary N) is 1. The summed E-state index contributed by atoms with van der Waals surface area (Å²) in [5, 5.41) is 0. The molecule has 1 aliphatic heterocycles. The molecule has 98 valence electrons. The third-order valence-electron chi connectivity index (χ3n) is 3.07. The fourth-order valence-electron chi connectivity index (χ4n) is 2.32. The van der Waals surface area contributed by atoms with Crippen molar-refractivity contribution in [2.75, 3.05) is 6.79 Å². The second-order valence-electron chi connectivity index (χ2n) is 5.11. The van der Waals surface area contributed by atoms with Crippen LogP contribution in [0.25, 0.3) is 0 Å². The van der Waals surface area contributed by atoms with Crippen molar-refractivity contribution < 1.29 is 14.3 Å². The second-order valence-corrected chi connectivity index (χ2v) is 5.11. The van der Waals surface area contributed by atoms with Crippen LogP contribution in [0.4, 0.5) is 0 Å². The summed E-state index contributed by atoms with van der Waals surface area (Å²) in [5.41, 5.74) is 6.41. The van der Waals surface area contributed by atoms with Crippen LogP contribution in [0.2, 0.25) is 0 Å². The quantitative estimate of drug-likeness (QED) is 0.871. The number of hydrogen-bond acceptors (Lipinski definition) is 3. The Kier molecular flexibility index (Phi) is 3.75. The van der Waals surface area contributed by atoms with Crippen LogP contribution >= 0.6 is 0 Å². The number of hydrogen-bond donors (Lipinski definition) is 1. The van der Waals surface area contributed by atoms with Gasteiger partial charge in [-0.2, -0.15) is 0 Å². The highest BCUT2D eigenvalue weighted by Gasteiger charge is 2.20. The maximum Gasteiger partial charge on any atom is 0.231 e. The molecule has 4 heteroatoms. The van der Waals surface area contributed by atoms with Gasteiger partial charge in [-0.25, -0.2) is 0 Å². The van der Waals surface area contributed by atoms with Crippen molar-refractivity contribution in [1.82, 2.24) is 0 Å². The van der Waals surface area contributed by atoms with Gasteiger partial charge in [-0.15, -0.1) is 0 Å². The first-order valence-corrected chi connectivity index (χ1v) is 6.24. The Hall–Kier alpha value is -1.71. The highest BCUT2D eigenvalue weighted by Crippen LogP contribution is 2.37. The van der Waals surface area contributed by atoms with E-state index in [0.29, 0.717) is 12.3 Å². The van der Waals surface area contributed by atoms with E-state index in [9.17, 15) is 4.79 Å². The van der Waals surface area contributed by atoms with Gasteiger partial charge in [-0.05, 0) is 36.0 Å². The highest BCUT2D eigenvalue weighted by molar-refractivity contribution is 5.74. The predicted molar refractivity (Wildman–Crippen MR) is 68.6 cm³/mol. The minimum atomic E-state index is -0.265. The van der Waals surface area contributed by atoms with Crippen LogP contribution in [0.1, 0.15) is 38.2 Å². The fourth-order valence-corrected chi connectivity index (χ4v) is 2.32. The Morgan fingerprint density at radius 2 is 2.06 bits per heavy atom. The molecule has 1 aromatic rings. The average molecular weight is 249 g/mol. The molecule has 1 amide bonds. The van der Waals surface area contributed by atoms with E-state index in [-0.39, 0.29) is 18.6 Å². The Morgan fingerprint density at radius 3 is 2.72 bits per heavy atom. The summed E-state index contributed by atoms with van der Waals surface area (Å²) in [7, 11) is 0. The maximum atomic E-state index is 11.2. The topological polar surface area (TPSA) is 61.6 Å². The van der Waals surface area contributed by atoms with Gasteiger partial charge >= 0.3 is 0 Å². The lowest BCUT2D eigenvalue weighted by Gasteiger charge is -2.18. The summed E-state index contributed by atoms with van der Waals surface area (Å²) in [4.78, 5) is 11.2. The molecule has 2 rings (SSSR count). The molecule has 0 aliphatic carbocycles. The summed E-state index contributed by atoms with van der Waals surface area (Å²) < 4.78 is 10.6. The van der Waals surface area contributed by atoms with E-state index < -0.39 is 0 Å². The molecular weight excluding hydrogens is 230 g/mol. The number of carbonyl (C=O) groups is 1. The van der Waals surface area contributed by atoms with E-state index >= 15 is 0 Å². The molecule has 1 aliphatic rings. The molecule has 2 N–H and O–H groups in total. The van der Waals surface area contributed by atoms with Crippen molar-refractivity contribution in [3.8, 4) is 11.5 Å². The zero-order valence-electron chi connectivity index (χ0n) is 10.8. The first kappa shape index (κ1) is 12.7. The molecule has 0 bridgehead atoms. The Morgan fingerprint density at radius 1 is 1.33 bits per heavy atom. The number of fused-ring (bicyclic) bond motifs is 1. The van der Waals surface area contributed by atoms with Gasteiger partial charge in [0, 0.05) is 6.42 Å². The summed E-state index contributed by atoms with van der Waals surface area (Å²) in [6, 6.07) is 5.84. The number of ether oxygens (including phenoxy) is 2. The largest absolute Gasteiger partial charge is 0.454 e. The second kappa shape index (κ2) is 5.29. The monoisotopic (exact) mass is 249 g/mol. The molecule has 0 saturated carbocycles. The van der Waals surface area contributed by atoms with E-state index in [4.69, 9.17) is 15.2 Å². The van der Waals surface area contributed by atoms with Crippen LogP contribution in [-0.2, 0) is 4.79 Å². The molecule has 0 spiro atoms. The standard InChI is InChI=1S/C14H19NO3/c1-9(2)5-11(7-14(15)16)10-3-4-12-13(6-10)18-8-17-12/h3-4,6,9,11H,5,7-8H2,1-2H3,(H2,15,16). The summed E-state index contributed by atoms with van der Waals surface area (Å²) in [6.07, 6.45) is 1.31. The molecule has 1 unspecified atom stereocenters. The number of carbonyl (C=O) groups excluding carboxylic acids is 1. The van der Waals surface area contributed by atoms with Crippen LogP contribution in [0.15, 0.2) is 18.2 Å². The van der Waals surface area contributed by atoms with Gasteiger partial charge in [0.15, 0.2) is 11.5 Å². The lowest BCUT2D eigenvalue weighted by molar-refractivity contribution is -0.118. The SMILES string of the molecule is CC(C)CC(CC(N)=O)c1ccc2c(c1)OCO2. The molecule has 1 aromatic carbocycles. The van der Waals surface area contributed by atoms with Crippen molar-refractivity contribution in [3.05, 3.63) is 23.8 Å². The van der Waals surface area contributed by atoms with Crippen molar-refractivity contribution in [3.63, 3.8) is 0 Å². The van der Waals surface area contributed by atoms with Crippen LogP contribution in [-0.4, -0.2) is 12.7 Å². The molecule has 1 heterocycles. The van der Waals surface area contributed by atoms with Crippen LogP contribution in [0.3, 0.4) is 0 Å². The van der Waals surface area contributed by atoms with Crippen molar-refractivity contribution in [2.24, 2.45) is 11.7 Å². The maximum absolute atomic E-state index is 11.2. The minimum Gasteiger partial charge on any atom is -0.454 e. The Bertz CT molecular complexity index is 443. The molecule has 0 saturated heterocycles. The normalized spacial score (nSPS) is 14.8. The summed E-state index contributed by atoms with van der Waals surface area (Å²) in [5.74, 6) is 1.92. The van der Waals surface area contributed by atoms with Crippen molar-refractivity contribution in [2.45, 2.75) is 32.6 Å². The minimum absolute atomic E-state index is 0.150. The summed E-state index contributed by atoms with van der Waals surface area (Å²) in [6.45, 7) is 4.55. The fraction of sp³-hybridized carbons (Fsp3) is 0.500. The third-order valence-corrected chi connectivity index (χ3v) is 3.07. The molecule has 0 radical (unpaired) electrons. The van der Waals surface area contributed by atoms with E-state index in [1.54, 1.807) is 0 Å². The number of amides is 1. The lowest BCUT2D eigenvalue weighted by atomic mass is 9.87. The number of benzene rings is 1.